The number of ether oxygens (including phenoxy) is 4. The van der Waals surface area contributed by atoms with Gasteiger partial charge in [0.1, 0.15) is 51.9 Å². The summed E-state index contributed by atoms with van der Waals surface area (Å²) in [5.41, 5.74) is 5.85. The number of hydrogen-bond donors (Lipinski definition) is 2. The van der Waals surface area contributed by atoms with Gasteiger partial charge in [0.2, 0.25) is 11.6 Å². The lowest BCUT2D eigenvalue weighted by molar-refractivity contribution is -0.160. The molecule has 110 heavy (non-hydrogen) atoms. The number of phenols is 2. The van der Waals surface area contributed by atoms with Crippen LogP contribution in [0, 0.1) is 46.4 Å². The summed E-state index contributed by atoms with van der Waals surface area (Å²) in [6.07, 6.45) is 6.05. The molecule has 9 rings (SSSR count). The number of fused-ring (bicyclic) bond motifs is 1. The fourth-order valence-electron chi connectivity index (χ4n) is 9.16. The first-order chi connectivity index (χ1) is 47.2. The van der Waals surface area contributed by atoms with Crippen LogP contribution in [0.15, 0.2) is 208 Å². The van der Waals surface area contributed by atoms with Crippen molar-refractivity contribution in [1.82, 2.24) is 0 Å². The Morgan fingerprint density at radius 3 is 1.24 bits per heavy atom. The molecule has 4 unspecified atom stereocenters. The van der Waals surface area contributed by atoms with Crippen molar-refractivity contribution >= 4 is 38.9 Å². The number of aromatic hydroxyl groups is 2. The maximum Gasteiger partial charge on any atom is 0.312 e. The van der Waals surface area contributed by atoms with Gasteiger partial charge in [0.05, 0.1) is 27.1 Å². The average molecular weight is 1580 g/mol. The van der Waals surface area contributed by atoms with Gasteiger partial charge in [0, 0.05) is 0 Å². The molecule has 0 amide bonds. The van der Waals surface area contributed by atoms with E-state index in [0.29, 0.717) is 29.8 Å². The molecule has 0 aliphatic heterocycles. The molecule has 1 aliphatic rings. The molecule has 620 valence electrons. The van der Waals surface area contributed by atoms with Crippen LogP contribution in [0.1, 0.15) is 267 Å². The Bertz CT molecular complexity index is 3790. The number of hydrogen-bond acceptors (Lipinski definition) is 12. The van der Waals surface area contributed by atoms with Gasteiger partial charge >= 0.3 is 17.9 Å². The first kappa shape index (κ1) is 115. The summed E-state index contributed by atoms with van der Waals surface area (Å²) in [6.45, 7) is 28.2. The Hall–Kier alpha value is -8.45. The number of halogens is 4. The van der Waals surface area contributed by atoms with E-state index < -0.39 is 74.0 Å². The van der Waals surface area contributed by atoms with Crippen molar-refractivity contribution in [2.75, 3.05) is 13.2 Å². The molecule has 8 aromatic carbocycles. The predicted molar refractivity (Wildman–Crippen MR) is 455 cm³/mol. The maximum absolute atomic E-state index is 13.6. The summed E-state index contributed by atoms with van der Waals surface area (Å²) in [7, 11) is -5.81. The fraction of sp³-hybridized carbons (Fsp3) is 0.446. The molecule has 0 aromatic heterocycles. The first-order valence-electron chi connectivity index (χ1n) is 33.8. The van der Waals surface area contributed by atoms with E-state index in [2.05, 4.69) is 136 Å². The van der Waals surface area contributed by atoms with Crippen molar-refractivity contribution in [3.05, 3.63) is 245 Å². The molecule has 0 spiro atoms. The Balaban J connectivity index is -0.000000232. The molecular weight excluding hydrogens is 1440 g/mol. The average Bonchev–Trinajstić information content (AvgIpc) is 1.02. The second-order valence-corrected chi connectivity index (χ2v) is 29.5. The van der Waals surface area contributed by atoms with Gasteiger partial charge in [-0.1, -0.05) is 256 Å². The third kappa shape index (κ3) is 35.3. The van der Waals surface area contributed by atoms with Gasteiger partial charge in [-0.15, -0.1) is 0 Å². The topological polar surface area (TPSA) is 186 Å². The van der Waals surface area contributed by atoms with Crippen LogP contribution in [0.25, 0.3) is 0 Å². The zero-order valence-corrected chi connectivity index (χ0v) is 62.0. The monoisotopic (exact) mass is 1580 g/mol. The number of esters is 3. The molecule has 1 aliphatic carbocycles. The standard InChI is InChI=1S/C19H17S.C15H20O2.C14H16F4O6S.C14H20O2.2C10H14O.10CH4/c1-16-12-14-19(15-13-16)20(17-8-4-2-5-9-17)18-10-6-3-7-11-18;1-4-15(2,3)14(16)17-13-10-9-11-7-5-6-8-12(11)13;1-4-14(2,3)13(19)24-6-5-23-11-7(15)9(17)12(25(20,21)22)10(18)8(11)16;1-5-14(3,4)13(15)16-11(2)12-9-7-6-8-10-12;2*1-3-8(2)9-4-6-10(11)7-5-9;;;;;;;;;;/h2-15H,1H3;5-8,13H,4,9-10H2,1-3H3;4-6H2,1-3H3,(H,20,21,22);6-11H,5H2,1-4H3;2*4-8,11H,3H2,1-2H3;10*1H4/q+1;;;;;;;;;;;;;;;/p-1. The van der Waals surface area contributed by atoms with E-state index >= 15 is 0 Å². The van der Waals surface area contributed by atoms with Gasteiger partial charge in [0.25, 0.3) is 0 Å². The molecule has 0 fully saturated rings. The SMILES string of the molecule is C.C.C.C.C.C.C.C.C.C.CCC(C)(C)C(=O)OC(C)c1ccccc1.CCC(C)(C)C(=O)OC1CCc2ccccc21.CCC(C)(C)C(=O)OCCOc1c(F)c(F)c(S(=O)(=O)[O-])c(F)c1F.CCC(C)c1ccc(O)cc1.CCC(C)c1ccc(O)cc1.Cc1ccc([S+](c2ccccc2)c2ccccc2)cc1. The summed E-state index contributed by atoms with van der Waals surface area (Å²) in [6, 6.07) is 63.3. The van der Waals surface area contributed by atoms with Gasteiger partial charge in [-0.25, -0.2) is 17.2 Å². The van der Waals surface area contributed by atoms with Gasteiger partial charge in [-0.2, -0.15) is 8.78 Å². The van der Waals surface area contributed by atoms with Crippen LogP contribution in [0.2, 0.25) is 0 Å². The zero-order valence-electron chi connectivity index (χ0n) is 60.4. The van der Waals surface area contributed by atoms with Gasteiger partial charge < -0.3 is 33.7 Å². The predicted octanol–water partition coefficient (Wildman–Crippen LogP) is 27.1. The number of phenolic OH excluding ortho intramolecular Hbond substituents is 2. The number of aryl methyl sites for hydroxylation is 2. The molecule has 2 N–H and O–H groups in total. The molecular formula is C92H140F4O12S2. The van der Waals surface area contributed by atoms with E-state index in [4.69, 9.17) is 24.4 Å². The second-order valence-electron chi connectivity index (χ2n) is 26.2. The van der Waals surface area contributed by atoms with Crippen LogP contribution in [-0.2, 0) is 56.0 Å². The minimum atomic E-state index is -5.79. The molecule has 18 heteroatoms. The number of carbonyl (C=O) groups is 3. The van der Waals surface area contributed by atoms with E-state index in [1.165, 1.54) is 42.5 Å². The van der Waals surface area contributed by atoms with E-state index in [1.807, 2.05) is 115 Å². The van der Waals surface area contributed by atoms with E-state index in [9.17, 15) is 44.9 Å². The minimum absolute atomic E-state index is 0. The largest absolute Gasteiger partial charge is 0.744 e. The molecule has 0 bridgehead atoms. The van der Waals surface area contributed by atoms with E-state index in [-0.39, 0.29) is 115 Å². The summed E-state index contributed by atoms with van der Waals surface area (Å²) in [4.78, 5) is 37.4. The molecule has 0 radical (unpaired) electrons. The third-order valence-electron chi connectivity index (χ3n) is 17.5. The number of rotatable bonds is 21. The van der Waals surface area contributed by atoms with Crippen LogP contribution < -0.4 is 4.74 Å². The quantitative estimate of drug-likeness (QED) is 0.0132. The normalized spacial score (nSPS) is 12.1. The highest BCUT2D eigenvalue weighted by Crippen LogP contribution is 2.38. The first-order valence-corrected chi connectivity index (χ1v) is 36.5. The lowest BCUT2D eigenvalue weighted by Crippen LogP contribution is -2.27. The molecule has 12 nitrogen and oxygen atoms in total. The highest BCUT2D eigenvalue weighted by atomic mass is 32.2. The highest BCUT2D eigenvalue weighted by molar-refractivity contribution is 7.97. The molecule has 0 saturated carbocycles. The van der Waals surface area contributed by atoms with Crippen molar-refractivity contribution in [2.24, 2.45) is 16.2 Å². The summed E-state index contributed by atoms with van der Waals surface area (Å²) < 4.78 is 107. The molecule has 0 heterocycles. The van der Waals surface area contributed by atoms with Gasteiger partial charge in [-0.05, 0) is 201 Å². The second kappa shape index (κ2) is 55.0. The van der Waals surface area contributed by atoms with Crippen LogP contribution in [-0.4, -0.2) is 54.3 Å². The smallest absolute Gasteiger partial charge is 0.312 e. The molecule has 0 saturated heterocycles. The van der Waals surface area contributed by atoms with Crippen molar-refractivity contribution in [3.63, 3.8) is 0 Å². The minimum Gasteiger partial charge on any atom is -0.744 e. The summed E-state index contributed by atoms with van der Waals surface area (Å²) in [5, 5.41) is 18.0. The maximum atomic E-state index is 13.6. The molecule has 4 atom stereocenters. The summed E-state index contributed by atoms with van der Waals surface area (Å²) >= 11 is 0. The Labute approximate surface area is 667 Å². The fourth-order valence-corrected chi connectivity index (χ4v) is 11.9. The van der Waals surface area contributed by atoms with Crippen molar-refractivity contribution in [3.8, 4) is 17.2 Å². The van der Waals surface area contributed by atoms with Crippen molar-refractivity contribution in [1.29, 1.82) is 0 Å². The van der Waals surface area contributed by atoms with Crippen LogP contribution in [0.4, 0.5) is 17.6 Å². The van der Waals surface area contributed by atoms with Crippen LogP contribution >= 0.6 is 0 Å². The van der Waals surface area contributed by atoms with E-state index in [1.54, 1.807) is 45.0 Å². The van der Waals surface area contributed by atoms with Crippen LogP contribution in [0.5, 0.6) is 17.2 Å². The van der Waals surface area contributed by atoms with E-state index in [0.717, 1.165) is 44.1 Å². The highest BCUT2D eigenvalue weighted by Gasteiger charge is 2.35. The number of benzene rings is 8. The Morgan fingerprint density at radius 2 is 0.845 bits per heavy atom. The van der Waals surface area contributed by atoms with Crippen molar-refractivity contribution < 1.29 is 74.1 Å². The molecule has 8 aromatic rings. The van der Waals surface area contributed by atoms with Gasteiger partial charge in [0.15, 0.2) is 32.1 Å². The summed E-state index contributed by atoms with van der Waals surface area (Å²) in [5.74, 6) is -9.69. The Kier molecular flexibility index (Phi) is 57.5. The van der Waals surface area contributed by atoms with Crippen LogP contribution in [0.3, 0.4) is 0 Å². The third-order valence-corrected chi connectivity index (χ3v) is 20.6. The van der Waals surface area contributed by atoms with Gasteiger partial charge in [-0.3, -0.25) is 14.4 Å². The lowest BCUT2D eigenvalue weighted by atomic mass is 9.90. The van der Waals surface area contributed by atoms with Crippen molar-refractivity contribution in [2.45, 2.75) is 267 Å². The number of carbonyl (C=O) groups excluding carboxylic acids is 3. The lowest BCUT2D eigenvalue weighted by Gasteiger charge is -2.23. The Morgan fingerprint density at radius 1 is 0.482 bits per heavy atom. The zero-order chi connectivity index (χ0) is 74.5.